The minimum Gasteiger partial charge on any atom is -0.497 e. The zero-order chi connectivity index (χ0) is 15.5. The van der Waals surface area contributed by atoms with E-state index in [1.165, 1.54) is 23.5 Å². The predicted molar refractivity (Wildman–Crippen MR) is 77.8 cm³/mol. The molecule has 1 aromatic carbocycles. The summed E-state index contributed by atoms with van der Waals surface area (Å²) in [6, 6.07) is 6.11. The van der Waals surface area contributed by atoms with E-state index in [4.69, 9.17) is 4.74 Å². The van der Waals surface area contributed by atoms with Crippen molar-refractivity contribution < 1.29 is 17.9 Å². The van der Waals surface area contributed by atoms with Gasteiger partial charge in [-0.05, 0) is 24.3 Å². The third-order valence-electron chi connectivity index (χ3n) is 3.44. The first-order valence-electron chi connectivity index (χ1n) is 6.60. The van der Waals surface area contributed by atoms with Crippen molar-refractivity contribution in [2.24, 2.45) is 0 Å². The molecule has 0 aromatic heterocycles. The molecule has 0 saturated carbocycles. The number of piperazine rings is 1. The summed E-state index contributed by atoms with van der Waals surface area (Å²) in [4.78, 5) is 13.3. The van der Waals surface area contributed by atoms with Crippen LogP contribution in [0.4, 0.5) is 4.79 Å². The minimum atomic E-state index is -3.52. The van der Waals surface area contributed by atoms with Gasteiger partial charge in [-0.2, -0.15) is 4.31 Å². The Morgan fingerprint density at radius 1 is 1.14 bits per heavy atom. The number of carbonyl (C=O) groups is 1. The molecule has 1 heterocycles. The number of amides is 2. The van der Waals surface area contributed by atoms with Crippen LogP contribution in [-0.2, 0) is 10.0 Å². The van der Waals surface area contributed by atoms with Crippen LogP contribution in [0.3, 0.4) is 0 Å². The lowest BCUT2D eigenvalue weighted by Crippen LogP contribution is -2.52. The summed E-state index contributed by atoms with van der Waals surface area (Å²) in [7, 11) is -0.436. The van der Waals surface area contributed by atoms with Crippen molar-refractivity contribution in [1.29, 1.82) is 0 Å². The van der Waals surface area contributed by atoms with E-state index >= 15 is 0 Å². The summed E-state index contributed by atoms with van der Waals surface area (Å²) < 4.78 is 31.4. The van der Waals surface area contributed by atoms with Crippen molar-refractivity contribution in [2.75, 3.05) is 40.3 Å². The highest BCUT2D eigenvalue weighted by Gasteiger charge is 2.29. The third kappa shape index (κ3) is 3.27. The van der Waals surface area contributed by atoms with Gasteiger partial charge in [0.1, 0.15) is 5.75 Å². The predicted octanol–water partition coefficient (Wildman–Crippen LogP) is 0.341. The monoisotopic (exact) mass is 313 g/mol. The van der Waals surface area contributed by atoms with Crippen LogP contribution in [0.15, 0.2) is 29.2 Å². The second kappa shape index (κ2) is 6.31. The Hall–Kier alpha value is -1.80. The largest absolute Gasteiger partial charge is 0.497 e. The minimum absolute atomic E-state index is 0.184. The van der Waals surface area contributed by atoms with Gasteiger partial charge in [-0.3, -0.25) is 0 Å². The number of nitrogens with zero attached hydrogens (tertiary/aromatic N) is 2. The van der Waals surface area contributed by atoms with Crippen LogP contribution in [0.2, 0.25) is 0 Å². The average Bonchev–Trinajstić information content (AvgIpc) is 2.54. The highest BCUT2D eigenvalue weighted by molar-refractivity contribution is 7.89. The van der Waals surface area contributed by atoms with Gasteiger partial charge in [0, 0.05) is 33.2 Å². The standard InChI is InChI=1S/C13H19N3O4S/c1-14-13(17)15-7-9-16(10-8-15)21(18,19)12-5-3-11(20-2)4-6-12/h3-6H,7-10H2,1-2H3,(H,14,17). The lowest BCUT2D eigenvalue weighted by molar-refractivity contribution is 0.174. The van der Waals surface area contributed by atoms with Crippen LogP contribution < -0.4 is 10.1 Å². The lowest BCUT2D eigenvalue weighted by Gasteiger charge is -2.33. The van der Waals surface area contributed by atoms with Gasteiger partial charge in [0.05, 0.1) is 12.0 Å². The van der Waals surface area contributed by atoms with Gasteiger partial charge in [0.2, 0.25) is 10.0 Å². The fourth-order valence-electron chi connectivity index (χ4n) is 2.19. The number of sulfonamides is 1. The molecule has 1 aliphatic rings. The summed E-state index contributed by atoms with van der Waals surface area (Å²) in [6.45, 7) is 1.35. The normalized spacial score (nSPS) is 16.6. The second-order valence-electron chi connectivity index (χ2n) is 4.62. The van der Waals surface area contributed by atoms with Crippen molar-refractivity contribution in [3.63, 3.8) is 0 Å². The van der Waals surface area contributed by atoms with Crippen molar-refractivity contribution in [2.45, 2.75) is 4.90 Å². The van der Waals surface area contributed by atoms with Crippen molar-refractivity contribution >= 4 is 16.1 Å². The number of hydrogen-bond acceptors (Lipinski definition) is 4. The zero-order valence-electron chi connectivity index (χ0n) is 12.1. The lowest BCUT2D eigenvalue weighted by atomic mass is 10.3. The molecule has 0 unspecified atom stereocenters. The van der Waals surface area contributed by atoms with Gasteiger partial charge in [-0.1, -0.05) is 0 Å². The first-order valence-corrected chi connectivity index (χ1v) is 8.04. The molecular formula is C13H19N3O4S. The molecule has 0 aliphatic carbocycles. The van der Waals surface area contributed by atoms with E-state index in [-0.39, 0.29) is 10.9 Å². The summed E-state index contributed by atoms with van der Waals surface area (Å²) in [5.41, 5.74) is 0. The molecule has 1 fully saturated rings. The first-order chi connectivity index (χ1) is 9.98. The van der Waals surface area contributed by atoms with E-state index in [1.807, 2.05) is 0 Å². The van der Waals surface area contributed by atoms with Gasteiger partial charge in [-0.15, -0.1) is 0 Å². The summed E-state index contributed by atoms with van der Waals surface area (Å²) in [6.07, 6.45) is 0. The Morgan fingerprint density at radius 3 is 2.19 bits per heavy atom. The molecule has 0 radical (unpaired) electrons. The number of carbonyl (C=O) groups excluding carboxylic acids is 1. The van der Waals surface area contributed by atoms with Crippen LogP contribution >= 0.6 is 0 Å². The molecule has 0 bridgehead atoms. The summed E-state index contributed by atoms with van der Waals surface area (Å²) in [5.74, 6) is 0.610. The topological polar surface area (TPSA) is 79.0 Å². The number of nitrogens with one attached hydrogen (secondary N) is 1. The average molecular weight is 313 g/mol. The van der Waals surface area contributed by atoms with Gasteiger partial charge in [0.25, 0.3) is 0 Å². The van der Waals surface area contributed by atoms with E-state index in [0.717, 1.165) is 0 Å². The maximum Gasteiger partial charge on any atom is 0.317 e. The van der Waals surface area contributed by atoms with Crippen molar-refractivity contribution in [1.82, 2.24) is 14.5 Å². The number of hydrogen-bond donors (Lipinski definition) is 1. The molecule has 8 heteroatoms. The molecule has 2 rings (SSSR count). The van der Waals surface area contributed by atoms with E-state index in [9.17, 15) is 13.2 Å². The Bertz CT molecular complexity index is 592. The van der Waals surface area contributed by atoms with E-state index in [1.54, 1.807) is 24.1 Å². The Balaban J connectivity index is 2.09. The molecule has 1 saturated heterocycles. The van der Waals surface area contributed by atoms with Crippen molar-refractivity contribution in [3.05, 3.63) is 24.3 Å². The van der Waals surface area contributed by atoms with Gasteiger partial charge >= 0.3 is 6.03 Å². The van der Waals surface area contributed by atoms with Gasteiger partial charge < -0.3 is 15.0 Å². The highest BCUT2D eigenvalue weighted by atomic mass is 32.2. The Kier molecular flexibility index (Phi) is 4.69. The molecule has 0 atom stereocenters. The molecule has 21 heavy (non-hydrogen) atoms. The SMILES string of the molecule is CNC(=O)N1CCN(S(=O)(=O)c2ccc(OC)cc2)CC1. The molecule has 116 valence electrons. The quantitative estimate of drug-likeness (QED) is 0.873. The fourth-order valence-corrected chi connectivity index (χ4v) is 3.61. The molecule has 0 spiro atoms. The summed E-state index contributed by atoms with van der Waals surface area (Å²) in [5, 5.41) is 2.54. The zero-order valence-corrected chi connectivity index (χ0v) is 12.9. The van der Waals surface area contributed by atoms with E-state index in [0.29, 0.717) is 31.9 Å². The van der Waals surface area contributed by atoms with E-state index < -0.39 is 10.0 Å². The summed E-state index contributed by atoms with van der Waals surface area (Å²) >= 11 is 0. The molecular weight excluding hydrogens is 294 g/mol. The van der Waals surface area contributed by atoms with Crippen LogP contribution in [0, 0.1) is 0 Å². The number of methoxy groups -OCH3 is 1. The fraction of sp³-hybridized carbons (Fsp3) is 0.462. The maximum atomic E-state index is 12.5. The van der Waals surface area contributed by atoms with E-state index in [2.05, 4.69) is 5.32 Å². The second-order valence-corrected chi connectivity index (χ2v) is 6.56. The van der Waals surface area contributed by atoms with Gasteiger partial charge in [0.15, 0.2) is 0 Å². The number of ether oxygens (including phenoxy) is 1. The first kappa shape index (κ1) is 15.6. The van der Waals surface area contributed by atoms with Crippen LogP contribution in [0.5, 0.6) is 5.75 Å². The molecule has 7 nitrogen and oxygen atoms in total. The van der Waals surface area contributed by atoms with Crippen molar-refractivity contribution in [3.8, 4) is 5.75 Å². The molecule has 1 N–H and O–H groups in total. The number of urea groups is 1. The van der Waals surface area contributed by atoms with Crippen LogP contribution in [0.25, 0.3) is 0 Å². The molecule has 2 amide bonds. The number of benzene rings is 1. The van der Waals surface area contributed by atoms with Crippen LogP contribution in [0.1, 0.15) is 0 Å². The Morgan fingerprint density at radius 2 is 1.71 bits per heavy atom. The maximum absolute atomic E-state index is 12.5. The van der Waals surface area contributed by atoms with Gasteiger partial charge in [-0.25, -0.2) is 13.2 Å². The Labute approximate surface area is 124 Å². The molecule has 1 aliphatic heterocycles. The number of rotatable bonds is 3. The van der Waals surface area contributed by atoms with Crippen LogP contribution in [-0.4, -0.2) is 64.0 Å². The third-order valence-corrected chi connectivity index (χ3v) is 5.35. The smallest absolute Gasteiger partial charge is 0.317 e. The molecule has 1 aromatic rings. The highest BCUT2D eigenvalue weighted by Crippen LogP contribution is 2.20.